The Morgan fingerprint density at radius 1 is 1.29 bits per heavy atom. The molecule has 0 saturated heterocycles. The third kappa shape index (κ3) is 3.36. The third-order valence-electron chi connectivity index (χ3n) is 3.55. The van der Waals surface area contributed by atoms with E-state index >= 15 is 0 Å². The first-order valence-electron chi connectivity index (χ1n) is 6.51. The van der Waals surface area contributed by atoms with Crippen LogP contribution in [-0.4, -0.2) is 37.9 Å². The first-order valence-corrected chi connectivity index (χ1v) is 6.51. The number of carbonyl (C=O) groups is 2. The quantitative estimate of drug-likeness (QED) is 0.742. The Labute approximate surface area is 122 Å². The monoisotopic (exact) mass is 294 g/mol. The van der Waals surface area contributed by atoms with Crippen molar-refractivity contribution in [2.45, 2.75) is 12.8 Å². The summed E-state index contributed by atoms with van der Waals surface area (Å²) < 4.78 is 10.2. The fraction of sp³-hybridized carbons (Fsp3) is 0.429. The van der Waals surface area contributed by atoms with E-state index in [0.717, 1.165) is 0 Å². The van der Waals surface area contributed by atoms with E-state index in [0.29, 0.717) is 30.0 Å². The molecule has 1 aromatic carbocycles. The summed E-state index contributed by atoms with van der Waals surface area (Å²) in [5.74, 6) is 0.203. The SMILES string of the molecule is COc1ccc(NC(=O)NCC2(C(=O)O)CC2)c(OC)c1. The van der Waals surface area contributed by atoms with Crippen LogP contribution in [0.15, 0.2) is 18.2 Å². The van der Waals surface area contributed by atoms with Crippen LogP contribution < -0.4 is 20.1 Å². The Balaban J connectivity index is 1.95. The van der Waals surface area contributed by atoms with Crippen molar-refractivity contribution < 1.29 is 24.2 Å². The van der Waals surface area contributed by atoms with Crippen molar-refractivity contribution in [3.05, 3.63) is 18.2 Å². The average molecular weight is 294 g/mol. The summed E-state index contributed by atoms with van der Waals surface area (Å²) >= 11 is 0. The van der Waals surface area contributed by atoms with Gasteiger partial charge in [-0.3, -0.25) is 4.79 Å². The predicted octanol–water partition coefficient (Wildman–Crippen LogP) is 1.69. The zero-order valence-electron chi connectivity index (χ0n) is 11.9. The van der Waals surface area contributed by atoms with E-state index in [-0.39, 0.29) is 6.54 Å². The average Bonchev–Trinajstić information content (AvgIpc) is 3.27. The molecule has 3 N–H and O–H groups in total. The normalized spacial score (nSPS) is 15.0. The second-order valence-corrected chi connectivity index (χ2v) is 4.96. The lowest BCUT2D eigenvalue weighted by molar-refractivity contribution is -0.143. The molecular formula is C14H18N2O5. The summed E-state index contributed by atoms with van der Waals surface area (Å²) in [6.07, 6.45) is 1.18. The molecule has 0 heterocycles. The molecule has 7 heteroatoms. The molecule has 1 aliphatic rings. The van der Waals surface area contributed by atoms with E-state index in [1.807, 2.05) is 0 Å². The zero-order valence-corrected chi connectivity index (χ0v) is 11.9. The Kier molecular flexibility index (Phi) is 4.21. The van der Waals surface area contributed by atoms with Gasteiger partial charge in [-0.1, -0.05) is 0 Å². The molecule has 7 nitrogen and oxygen atoms in total. The highest BCUT2D eigenvalue weighted by Crippen LogP contribution is 2.45. The second-order valence-electron chi connectivity index (χ2n) is 4.96. The topological polar surface area (TPSA) is 96.9 Å². The number of rotatable bonds is 6. The van der Waals surface area contributed by atoms with Crippen LogP contribution in [0.1, 0.15) is 12.8 Å². The minimum absolute atomic E-state index is 0.118. The van der Waals surface area contributed by atoms with E-state index in [4.69, 9.17) is 14.6 Å². The molecule has 0 bridgehead atoms. The van der Waals surface area contributed by atoms with Crippen molar-refractivity contribution in [2.24, 2.45) is 5.41 Å². The Morgan fingerprint density at radius 2 is 2.00 bits per heavy atom. The lowest BCUT2D eigenvalue weighted by Gasteiger charge is -2.14. The molecule has 0 spiro atoms. The first-order chi connectivity index (χ1) is 10.0. The lowest BCUT2D eigenvalue weighted by Crippen LogP contribution is -2.36. The van der Waals surface area contributed by atoms with E-state index < -0.39 is 17.4 Å². The van der Waals surface area contributed by atoms with E-state index in [2.05, 4.69) is 10.6 Å². The lowest BCUT2D eigenvalue weighted by atomic mass is 10.1. The number of anilines is 1. The highest BCUT2D eigenvalue weighted by Gasteiger charge is 2.50. The van der Waals surface area contributed by atoms with Crippen LogP contribution in [0.2, 0.25) is 0 Å². The Morgan fingerprint density at radius 3 is 2.52 bits per heavy atom. The summed E-state index contributed by atoms with van der Waals surface area (Å²) in [5.41, 5.74) is -0.308. The molecule has 1 saturated carbocycles. The van der Waals surface area contributed by atoms with Crippen molar-refractivity contribution in [2.75, 3.05) is 26.1 Å². The molecule has 2 rings (SSSR count). The smallest absolute Gasteiger partial charge is 0.319 e. The van der Waals surface area contributed by atoms with E-state index in [1.54, 1.807) is 18.2 Å². The Bertz CT molecular complexity index is 554. The standard InChI is InChI=1S/C14H18N2O5/c1-20-9-3-4-10(11(7-9)21-2)16-13(19)15-8-14(5-6-14)12(17)18/h3-4,7H,5-6,8H2,1-2H3,(H,17,18)(H2,15,16,19). The van der Waals surface area contributed by atoms with Gasteiger partial charge in [0.2, 0.25) is 0 Å². The van der Waals surface area contributed by atoms with Crippen molar-refractivity contribution in [3.63, 3.8) is 0 Å². The number of hydrogen-bond donors (Lipinski definition) is 3. The maximum absolute atomic E-state index is 11.8. The Hall–Kier alpha value is -2.44. The molecule has 1 aromatic rings. The van der Waals surface area contributed by atoms with Gasteiger partial charge in [0.25, 0.3) is 0 Å². The predicted molar refractivity (Wildman–Crippen MR) is 75.9 cm³/mol. The fourth-order valence-electron chi connectivity index (χ4n) is 1.93. The number of carboxylic acids is 1. The minimum atomic E-state index is -0.871. The molecule has 21 heavy (non-hydrogen) atoms. The number of amides is 2. The number of methoxy groups -OCH3 is 2. The number of benzene rings is 1. The van der Waals surface area contributed by atoms with Gasteiger partial charge in [0.1, 0.15) is 11.5 Å². The number of aliphatic carboxylic acids is 1. The molecule has 2 amide bonds. The molecule has 0 aliphatic heterocycles. The van der Waals surface area contributed by atoms with E-state index in [1.165, 1.54) is 14.2 Å². The largest absolute Gasteiger partial charge is 0.497 e. The number of hydrogen-bond acceptors (Lipinski definition) is 4. The minimum Gasteiger partial charge on any atom is -0.497 e. The van der Waals surface area contributed by atoms with Gasteiger partial charge in [0.05, 0.1) is 25.3 Å². The molecule has 0 aromatic heterocycles. The van der Waals surface area contributed by atoms with Gasteiger partial charge in [0, 0.05) is 12.6 Å². The van der Waals surface area contributed by atoms with Crippen molar-refractivity contribution in [1.29, 1.82) is 0 Å². The van der Waals surface area contributed by atoms with Crippen molar-refractivity contribution in [3.8, 4) is 11.5 Å². The van der Waals surface area contributed by atoms with Crippen LogP contribution in [0, 0.1) is 5.41 Å². The number of nitrogens with one attached hydrogen (secondary N) is 2. The number of carbonyl (C=O) groups excluding carboxylic acids is 1. The summed E-state index contributed by atoms with van der Waals surface area (Å²) in [6.45, 7) is 0.118. The van der Waals surface area contributed by atoms with Crippen molar-refractivity contribution in [1.82, 2.24) is 5.32 Å². The van der Waals surface area contributed by atoms with Crippen molar-refractivity contribution >= 4 is 17.7 Å². The number of urea groups is 1. The summed E-state index contributed by atoms with van der Waals surface area (Å²) in [5, 5.41) is 14.2. The van der Waals surface area contributed by atoms with Gasteiger partial charge in [-0.2, -0.15) is 0 Å². The summed E-state index contributed by atoms with van der Waals surface area (Å²) in [7, 11) is 3.02. The van der Waals surface area contributed by atoms with Crippen LogP contribution in [0.4, 0.5) is 10.5 Å². The summed E-state index contributed by atoms with van der Waals surface area (Å²) in [6, 6.07) is 4.53. The highest BCUT2D eigenvalue weighted by atomic mass is 16.5. The molecule has 0 atom stereocenters. The van der Waals surface area contributed by atoms with E-state index in [9.17, 15) is 9.59 Å². The van der Waals surface area contributed by atoms with Gasteiger partial charge < -0.3 is 25.2 Å². The van der Waals surface area contributed by atoms with Crippen LogP contribution in [0.5, 0.6) is 11.5 Å². The molecule has 0 radical (unpaired) electrons. The van der Waals surface area contributed by atoms with Crippen LogP contribution in [-0.2, 0) is 4.79 Å². The molecule has 0 unspecified atom stereocenters. The van der Waals surface area contributed by atoms with Gasteiger partial charge in [-0.25, -0.2) is 4.79 Å². The highest BCUT2D eigenvalue weighted by molar-refractivity contribution is 5.91. The van der Waals surface area contributed by atoms with Gasteiger partial charge in [-0.05, 0) is 25.0 Å². The maximum atomic E-state index is 11.8. The second kappa shape index (κ2) is 5.90. The first kappa shape index (κ1) is 15.0. The summed E-state index contributed by atoms with van der Waals surface area (Å²) in [4.78, 5) is 22.8. The van der Waals surface area contributed by atoms with Gasteiger partial charge >= 0.3 is 12.0 Å². The van der Waals surface area contributed by atoms with Gasteiger partial charge in [0.15, 0.2) is 0 Å². The van der Waals surface area contributed by atoms with Crippen LogP contribution in [0.3, 0.4) is 0 Å². The maximum Gasteiger partial charge on any atom is 0.319 e. The third-order valence-corrected chi connectivity index (χ3v) is 3.55. The molecule has 114 valence electrons. The molecular weight excluding hydrogens is 276 g/mol. The number of ether oxygens (including phenoxy) is 2. The van der Waals surface area contributed by atoms with Gasteiger partial charge in [-0.15, -0.1) is 0 Å². The van der Waals surface area contributed by atoms with Crippen LogP contribution in [0.25, 0.3) is 0 Å². The number of carboxylic acid groups (broad SMARTS) is 1. The zero-order chi connectivity index (χ0) is 15.5. The van der Waals surface area contributed by atoms with Crippen LogP contribution >= 0.6 is 0 Å². The molecule has 1 fully saturated rings. The fourth-order valence-corrected chi connectivity index (χ4v) is 1.93. The molecule has 1 aliphatic carbocycles.